The summed E-state index contributed by atoms with van der Waals surface area (Å²) >= 11 is 5.71. The van der Waals surface area contributed by atoms with Crippen LogP contribution in [-0.4, -0.2) is 6.04 Å². The second-order valence-corrected chi connectivity index (χ2v) is 4.80. The molecule has 0 aromatic heterocycles. The Hall–Kier alpha value is -0.760. The molecule has 0 amide bonds. The highest BCUT2D eigenvalue weighted by atomic mass is 35.5. The van der Waals surface area contributed by atoms with Crippen LogP contribution in [0.4, 0.5) is 10.1 Å². The Morgan fingerprint density at radius 2 is 2.20 bits per heavy atom. The van der Waals surface area contributed by atoms with Crippen LogP contribution in [0.15, 0.2) is 18.2 Å². The Kier molecular flexibility index (Phi) is 3.15. The number of hydrogen-bond acceptors (Lipinski definition) is 1. The first-order valence-electron chi connectivity index (χ1n) is 5.37. The SMILES string of the molecule is CC1CCC(Nc2ccc(F)c(Cl)c2)C1. The van der Waals surface area contributed by atoms with Crippen LogP contribution in [0.3, 0.4) is 0 Å². The maximum Gasteiger partial charge on any atom is 0.141 e. The van der Waals surface area contributed by atoms with Gasteiger partial charge in [0.2, 0.25) is 0 Å². The van der Waals surface area contributed by atoms with E-state index in [1.54, 1.807) is 12.1 Å². The predicted octanol–water partition coefficient (Wildman–Crippen LogP) is 4.08. The summed E-state index contributed by atoms with van der Waals surface area (Å²) in [4.78, 5) is 0. The van der Waals surface area contributed by atoms with Crippen molar-refractivity contribution >= 4 is 17.3 Å². The molecule has 2 rings (SSSR count). The van der Waals surface area contributed by atoms with Crippen molar-refractivity contribution in [2.75, 3.05) is 5.32 Å². The summed E-state index contributed by atoms with van der Waals surface area (Å²) in [5.41, 5.74) is 0.917. The lowest BCUT2D eigenvalue weighted by Crippen LogP contribution is -2.15. The molecule has 1 nitrogen and oxygen atoms in total. The van der Waals surface area contributed by atoms with E-state index in [0.29, 0.717) is 6.04 Å². The summed E-state index contributed by atoms with van der Waals surface area (Å²) in [6.45, 7) is 2.26. The standard InChI is InChI=1S/C12H15ClFN/c1-8-2-3-9(6-8)15-10-4-5-12(14)11(13)7-10/h4-5,7-9,15H,2-3,6H2,1H3. The van der Waals surface area contributed by atoms with Crippen molar-refractivity contribution in [2.45, 2.75) is 32.2 Å². The van der Waals surface area contributed by atoms with Crippen molar-refractivity contribution in [1.82, 2.24) is 0 Å². The smallest absolute Gasteiger partial charge is 0.141 e. The molecule has 1 aromatic rings. The van der Waals surface area contributed by atoms with Gasteiger partial charge in [0.1, 0.15) is 5.82 Å². The summed E-state index contributed by atoms with van der Waals surface area (Å²) in [7, 11) is 0. The molecule has 2 atom stereocenters. The molecular weight excluding hydrogens is 213 g/mol. The van der Waals surface area contributed by atoms with Crippen molar-refractivity contribution in [3.05, 3.63) is 29.0 Å². The Balaban J connectivity index is 2.02. The normalized spacial score (nSPS) is 25.5. The van der Waals surface area contributed by atoms with Gasteiger partial charge in [-0.1, -0.05) is 18.5 Å². The average Bonchev–Trinajstić information content (AvgIpc) is 2.58. The minimum absolute atomic E-state index is 0.186. The van der Waals surface area contributed by atoms with Gasteiger partial charge in [-0.2, -0.15) is 0 Å². The fourth-order valence-electron chi connectivity index (χ4n) is 2.16. The minimum atomic E-state index is -0.359. The summed E-state index contributed by atoms with van der Waals surface area (Å²) in [5.74, 6) is 0.431. The minimum Gasteiger partial charge on any atom is -0.382 e. The van der Waals surface area contributed by atoms with E-state index in [-0.39, 0.29) is 10.8 Å². The first-order chi connectivity index (χ1) is 7.15. The van der Waals surface area contributed by atoms with Gasteiger partial charge in [0.25, 0.3) is 0 Å². The predicted molar refractivity (Wildman–Crippen MR) is 61.8 cm³/mol. The number of rotatable bonds is 2. The summed E-state index contributed by atoms with van der Waals surface area (Å²) in [6, 6.07) is 5.31. The molecule has 0 aliphatic heterocycles. The highest BCUT2D eigenvalue weighted by molar-refractivity contribution is 6.31. The van der Waals surface area contributed by atoms with Crippen LogP contribution < -0.4 is 5.32 Å². The van der Waals surface area contributed by atoms with Crippen LogP contribution in [0.2, 0.25) is 5.02 Å². The zero-order chi connectivity index (χ0) is 10.8. The topological polar surface area (TPSA) is 12.0 Å². The molecule has 82 valence electrons. The van der Waals surface area contributed by atoms with Crippen molar-refractivity contribution in [3.8, 4) is 0 Å². The number of nitrogens with one attached hydrogen (secondary N) is 1. The van der Waals surface area contributed by atoms with E-state index < -0.39 is 0 Å². The van der Waals surface area contributed by atoms with Crippen molar-refractivity contribution in [1.29, 1.82) is 0 Å². The van der Waals surface area contributed by atoms with E-state index in [1.807, 2.05) is 0 Å². The molecule has 15 heavy (non-hydrogen) atoms. The number of anilines is 1. The van der Waals surface area contributed by atoms with Crippen molar-refractivity contribution in [2.24, 2.45) is 5.92 Å². The molecule has 1 N–H and O–H groups in total. The van der Waals surface area contributed by atoms with Gasteiger partial charge in [-0.3, -0.25) is 0 Å². The highest BCUT2D eigenvalue weighted by Gasteiger charge is 2.20. The van der Waals surface area contributed by atoms with E-state index in [4.69, 9.17) is 11.6 Å². The van der Waals surface area contributed by atoms with Crippen molar-refractivity contribution < 1.29 is 4.39 Å². The van der Waals surface area contributed by atoms with E-state index in [9.17, 15) is 4.39 Å². The Morgan fingerprint density at radius 1 is 1.40 bits per heavy atom. The van der Waals surface area contributed by atoms with Gasteiger partial charge >= 0.3 is 0 Å². The quantitative estimate of drug-likeness (QED) is 0.803. The van der Waals surface area contributed by atoms with Crippen LogP contribution in [-0.2, 0) is 0 Å². The fourth-order valence-corrected chi connectivity index (χ4v) is 2.34. The molecule has 0 spiro atoms. The van der Waals surface area contributed by atoms with Gasteiger partial charge in [0, 0.05) is 11.7 Å². The zero-order valence-corrected chi connectivity index (χ0v) is 9.52. The first kappa shape index (κ1) is 10.7. The third kappa shape index (κ3) is 2.63. The molecule has 1 aliphatic carbocycles. The largest absolute Gasteiger partial charge is 0.382 e. The van der Waals surface area contributed by atoms with E-state index in [1.165, 1.54) is 25.3 Å². The third-order valence-corrected chi connectivity index (χ3v) is 3.27. The Labute approximate surface area is 94.6 Å². The number of benzene rings is 1. The van der Waals surface area contributed by atoms with Gasteiger partial charge in [-0.25, -0.2) is 4.39 Å². The highest BCUT2D eigenvalue weighted by Crippen LogP contribution is 2.28. The van der Waals surface area contributed by atoms with Gasteiger partial charge in [-0.15, -0.1) is 0 Å². The van der Waals surface area contributed by atoms with Crippen LogP contribution in [0.1, 0.15) is 26.2 Å². The van der Waals surface area contributed by atoms with Crippen LogP contribution >= 0.6 is 11.6 Å². The van der Waals surface area contributed by atoms with Crippen LogP contribution in [0.5, 0.6) is 0 Å². The summed E-state index contributed by atoms with van der Waals surface area (Å²) in [5, 5.41) is 3.57. The maximum absolute atomic E-state index is 12.9. The Bertz CT molecular complexity index is 353. The molecule has 2 unspecified atom stereocenters. The lowest BCUT2D eigenvalue weighted by molar-refractivity contribution is 0.602. The third-order valence-electron chi connectivity index (χ3n) is 2.99. The number of halogens is 2. The molecular formula is C12H15ClFN. The molecule has 0 heterocycles. The van der Waals surface area contributed by atoms with Gasteiger partial charge in [0.15, 0.2) is 0 Å². The molecule has 3 heteroatoms. The van der Waals surface area contributed by atoms with Crippen molar-refractivity contribution in [3.63, 3.8) is 0 Å². The monoisotopic (exact) mass is 227 g/mol. The average molecular weight is 228 g/mol. The van der Waals surface area contributed by atoms with Crippen LogP contribution in [0, 0.1) is 11.7 Å². The Morgan fingerprint density at radius 3 is 2.80 bits per heavy atom. The van der Waals surface area contributed by atoms with E-state index in [2.05, 4.69) is 12.2 Å². The second-order valence-electron chi connectivity index (χ2n) is 4.39. The summed E-state index contributed by atoms with van der Waals surface area (Å²) in [6.07, 6.45) is 3.65. The zero-order valence-electron chi connectivity index (χ0n) is 8.76. The molecule has 0 radical (unpaired) electrons. The number of hydrogen-bond donors (Lipinski definition) is 1. The molecule has 1 saturated carbocycles. The summed E-state index contributed by atoms with van der Waals surface area (Å²) < 4.78 is 12.9. The lowest BCUT2D eigenvalue weighted by atomic mass is 10.1. The van der Waals surface area contributed by atoms with Gasteiger partial charge < -0.3 is 5.32 Å². The van der Waals surface area contributed by atoms with Gasteiger partial charge in [0.05, 0.1) is 5.02 Å². The molecule has 0 bridgehead atoms. The maximum atomic E-state index is 12.9. The van der Waals surface area contributed by atoms with E-state index >= 15 is 0 Å². The molecule has 0 saturated heterocycles. The molecule has 1 aliphatic rings. The lowest BCUT2D eigenvalue weighted by Gasteiger charge is -2.14. The van der Waals surface area contributed by atoms with E-state index in [0.717, 1.165) is 11.6 Å². The first-order valence-corrected chi connectivity index (χ1v) is 5.74. The van der Waals surface area contributed by atoms with Gasteiger partial charge in [-0.05, 0) is 43.4 Å². The molecule has 1 fully saturated rings. The second kappa shape index (κ2) is 4.40. The molecule has 1 aromatic carbocycles. The fraction of sp³-hybridized carbons (Fsp3) is 0.500. The van der Waals surface area contributed by atoms with Crippen LogP contribution in [0.25, 0.3) is 0 Å².